The molecule has 0 saturated heterocycles. The first-order chi connectivity index (χ1) is 7.74. The second kappa shape index (κ2) is 7.34. The molecule has 0 bridgehead atoms. The third kappa shape index (κ3) is 4.71. The second-order valence-corrected chi connectivity index (χ2v) is 4.81. The van der Waals surface area contributed by atoms with E-state index < -0.39 is 0 Å². The van der Waals surface area contributed by atoms with Crippen molar-refractivity contribution in [2.24, 2.45) is 0 Å². The van der Waals surface area contributed by atoms with Crippen molar-refractivity contribution in [3.63, 3.8) is 0 Å². The van der Waals surface area contributed by atoms with Crippen LogP contribution >= 0.6 is 11.8 Å². The first kappa shape index (κ1) is 13.1. The summed E-state index contributed by atoms with van der Waals surface area (Å²) in [7, 11) is 0. The molecule has 0 unspecified atom stereocenters. The smallest absolute Gasteiger partial charge is 0.124 e. The van der Waals surface area contributed by atoms with Crippen molar-refractivity contribution in [2.75, 3.05) is 11.5 Å². The van der Waals surface area contributed by atoms with Gasteiger partial charge in [0, 0.05) is 10.6 Å². The predicted octanol–water partition coefficient (Wildman–Crippen LogP) is 4.25. The minimum absolute atomic E-state index is 0.219. The van der Waals surface area contributed by atoms with Gasteiger partial charge in [-0.1, -0.05) is 12.5 Å². The zero-order chi connectivity index (χ0) is 11.8. The highest BCUT2D eigenvalue weighted by Crippen LogP contribution is 2.26. The minimum atomic E-state index is -0.219. The van der Waals surface area contributed by atoms with Crippen LogP contribution in [0.3, 0.4) is 0 Å². The van der Waals surface area contributed by atoms with E-state index in [2.05, 4.69) is 6.58 Å². The zero-order valence-corrected chi connectivity index (χ0v) is 10.2. The fourth-order valence-electron chi connectivity index (χ4n) is 1.38. The van der Waals surface area contributed by atoms with E-state index in [4.69, 9.17) is 5.73 Å². The average molecular weight is 239 g/mol. The number of hydrogen-bond acceptors (Lipinski definition) is 2. The largest absolute Gasteiger partial charge is 0.398 e. The van der Waals surface area contributed by atoms with Gasteiger partial charge in [0.1, 0.15) is 5.82 Å². The van der Waals surface area contributed by atoms with Crippen LogP contribution in [0.4, 0.5) is 10.1 Å². The Balaban J connectivity index is 2.26. The van der Waals surface area contributed by atoms with E-state index >= 15 is 0 Å². The maximum atomic E-state index is 12.9. The van der Waals surface area contributed by atoms with Crippen molar-refractivity contribution in [2.45, 2.75) is 30.6 Å². The van der Waals surface area contributed by atoms with Gasteiger partial charge in [-0.3, -0.25) is 0 Å². The Morgan fingerprint density at radius 2 is 2.12 bits per heavy atom. The summed E-state index contributed by atoms with van der Waals surface area (Å²) in [6, 6.07) is 4.52. The molecular weight excluding hydrogens is 221 g/mol. The second-order valence-electron chi connectivity index (χ2n) is 3.67. The van der Waals surface area contributed by atoms with Gasteiger partial charge in [-0.25, -0.2) is 4.39 Å². The number of nitrogens with two attached hydrogens (primary N) is 1. The molecule has 0 aliphatic heterocycles. The SMILES string of the molecule is C=CCCCCCSc1cc(F)ccc1N. The summed E-state index contributed by atoms with van der Waals surface area (Å²) in [4.78, 5) is 0.851. The zero-order valence-electron chi connectivity index (χ0n) is 9.42. The topological polar surface area (TPSA) is 26.0 Å². The number of halogens is 1. The first-order valence-corrected chi connectivity index (χ1v) is 6.51. The number of nitrogen functional groups attached to an aromatic ring is 1. The lowest BCUT2D eigenvalue weighted by atomic mass is 10.2. The van der Waals surface area contributed by atoms with Gasteiger partial charge >= 0.3 is 0 Å². The van der Waals surface area contributed by atoms with Gasteiger partial charge in [0.05, 0.1) is 0 Å². The van der Waals surface area contributed by atoms with Gasteiger partial charge in [-0.15, -0.1) is 18.3 Å². The van der Waals surface area contributed by atoms with Gasteiger partial charge in [0.25, 0.3) is 0 Å². The van der Waals surface area contributed by atoms with Crippen molar-refractivity contribution >= 4 is 17.4 Å². The number of anilines is 1. The van der Waals surface area contributed by atoms with E-state index in [0.29, 0.717) is 5.69 Å². The molecule has 0 saturated carbocycles. The lowest BCUT2D eigenvalue weighted by molar-refractivity contribution is 0.624. The Bertz CT molecular complexity index is 339. The van der Waals surface area contributed by atoms with Crippen LogP contribution in [0.5, 0.6) is 0 Å². The van der Waals surface area contributed by atoms with Gasteiger partial charge in [0.15, 0.2) is 0 Å². The lowest BCUT2D eigenvalue weighted by Crippen LogP contribution is -1.90. The number of allylic oxidation sites excluding steroid dienone is 1. The molecule has 1 aromatic carbocycles. The molecule has 0 amide bonds. The van der Waals surface area contributed by atoms with E-state index in [0.717, 1.165) is 23.5 Å². The third-order valence-corrected chi connectivity index (χ3v) is 3.44. The third-order valence-electron chi connectivity index (χ3n) is 2.29. The van der Waals surface area contributed by atoms with Crippen LogP contribution in [0.25, 0.3) is 0 Å². The molecule has 1 rings (SSSR count). The van der Waals surface area contributed by atoms with Crippen LogP contribution in [0.1, 0.15) is 25.7 Å². The van der Waals surface area contributed by atoms with Gasteiger partial charge < -0.3 is 5.73 Å². The summed E-state index contributed by atoms with van der Waals surface area (Å²) in [5.74, 6) is 0.772. The minimum Gasteiger partial charge on any atom is -0.398 e. The number of hydrogen-bond donors (Lipinski definition) is 1. The molecule has 88 valence electrons. The van der Waals surface area contributed by atoms with E-state index in [1.165, 1.54) is 25.0 Å². The van der Waals surface area contributed by atoms with Gasteiger partial charge in [-0.05, 0) is 43.2 Å². The summed E-state index contributed by atoms with van der Waals surface area (Å²) in [5, 5.41) is 0. The van der Waals surface area contributed by atoms with Crippen LogP contribution in [0.15, 0.2) is 35.7 Å². The molecule has 2 N–H and O–H groups in total. The molecular formula is C13H18FNS. The summed E-state index contributed by atoms with van der Waals surface area (Å²) in [6.07, 6.45) is 6.52. The molecule has 0 spiro atoms. The van der Waals surface area contributed by atoms with E-state index in [1.807, 2.05) is 6.08 Å². The van der Waals surface area contributed by atoms with Crippen molar-refractivity contribution in [1.82, 2.24) is 0 Å². The monoisotopic (exact) mass is 239 g/mol. The quantitative estimate of drug-likeness (QED) is 0.333. The first-order valence-electron chi connectivity index (χ1n) is 5.52. The Hall–Kier alpha value is -0.960. The normalized spacial score (nSPS) is 10.3. The lowest BCUT2D eigenvalue weighted by Gasteiger charge is -2.05. The van der Waals surface area contributed by atoms with Crippen LogP contribution < -0.4 is 5.73 Å². The predicted molar refractivity (Wildman–Crippen MR) is 70.2 cm³/mol. The Kier molecular flexibility index (Phi) is 6.01. The summed E-state index contributed by atoms with van der Waals surface area (Å²) in [6.45, 7) is 3.68. The number of benzene rings is 1. The highest BCUT2D eigenvalue weighted by Gasteiger charge is 2.01. The Labute approximate surface area is 101 Å². The molecule has 16 heavy (non-hydrogen) atoms. The summed E-state index contributed by atoms with van der Waals surface area (Å²) < 4.78 is 12.9. The average Bonchev–Trinajstić information content (AvgIpc) is 2.28. The van der Waals surface area contributed by atoms with E-state index in [-0.39, 0.29) is 5.82 Å². The maximum Gasteiger partial charge on any atom is 0.124 e. The van der Waals surface area contributed by atoms with Gasteiger partial charge in [-0.2, -0.15) is 0 Å². The molecule has 0 fully saturated rings. The van der Waals surface area contributed by atoms with Crippen LogP contribution in [0, 0.1) is 5.82 Å². The number of thioether (sulfide) groups is 1. The van der Waals surface area contributed by atoms with Crippen LogP contribution in [0.2, 0.25) is 0 Å². The Morgan fingerprint density at radius 1 is 1.31 bits per heavy atom. The number of unbranched alkanes of at least 4 members (excludes halogenated alkanes) is 3. The molecule has 3 heteroatoms. The molecule has 0 heterocycles. The van der Waals surface area contributed by atoms with Crippen LogP contribution in [-0.4, -0.2) is 5.75 Å². The molecule has 1 aromatic rings. The molecule has 0 aliphatic rings. The maximum absolute atomic E-state index is 12.9. The van der Waals surface area contributed by atoms with Crippen LogP contribution in [-0.2, 0) is 0 Å². The molecule has 1 nitrogen and oxygen atoms in total. The molecule has 0 atom stereocenters. The number of rotatable bonds is 7. The fourth-order valence-corrected chi connectivity index (χ4v) is 2.38. The standard InChI is InChI=1S/C13H18FNS/c1-2-3-4-5-6-9-16-13-10-11(14)7-8-12(13)15/h2,7-8,10H,1,3-6,9,15H2. The van der Waals surface area contributed by atoms with Crippen molar-refractivity contribution in [1.29, 1.82) is 0 Å². The highest BCUT2D eigenvalue weighted by molar-refractivity contribution is 7.99. The summed E-state index contributed by atoms with van der Waals surface area (Å²) in [5.41, 5.74) is 6.42. The van der Waals surface area contributed by atoms with E-state index in [9.17, 15) is 4.39 Å². The van der Waals surface area contributed by atoms with Crippen molar-refractivity contribution in [3.05, 3.63) is 36.7 Å². The molecule has 0 aliphatic carbocycles. The summed E-state index contributed by atoms with van der Waals surface area (Å²) >= 11 is 1.63. The highest BCUT2D eigenvalue weighted by atomic mass is 32.2. The Morgan fingerprint density at radius 3 is 2.88 bits per heavy atom. The van der Waals surface area contributed by atoms with Crippen molar-refractivity contribution < 1.29 is 4.39 Å². The molecule has 0 aromatic heterocycles. The fraction of sp³-hybridized carbons (Fsp3) is 0.385. The van der Waals surface area contributed by atoms with Gasteiger partial charge in [0.2, 0.25) is 0 Å². The van der Waals surface area contributed by atoms with E-state index in [1.54, 1.807) is 17.8 Å². The van der Waals surface area contributed by atoms with Crippen molar-refractivity contribution in [3.8, 4) is 0 Å². The molecule has 0 radical (unpaired) electrons.